The van der Waals surface area contributed by atoms with Crippen molar-refractivity contribution in [1.29, 1.82) is 0 Å². The zero-order valence-corrected chi connectivity index (χ0v) is 12.5. The molecule has 1 heterocycles. The summed E-state index contributed by atoms with van der Waals surface area (Å²) in [5, 5.41) is 0.706. The second kappa shape index (κ2) is 4.54. The smallest absolute Gasteiger partial charge is 0.140 e. The molecule has 0 spiro atoms. The summed E-state index contributed by atoms with van der Waals surface area (Å²) in [6.07, 6.45) is 0. The first-order valence-corrected chi connectivity index (χ1v) is 6.91. The molecule has 0 radical (unpaired) electrons. The van der Waals surface area contributed by atoms with E-state index in [1.165, 1.54) is 0 Å². The van der Waals surface area contributed by atoms with E-state index >= 15 is 0 Å². The third kappa shape index (κ3) is 2.11. The molecule has 2 aromatic carbocycles. The fraction of sp³-hybridized carbons (Fsp3) is 0.0714. The minimum atomic E-state index is 0.697. The van der Waals surface area contributed by atoms with Crippen molar-refractivity contribution in [3.05, 3.63) is 45.9 Å². The molecule has 0 saturated heterocycles. The average molecular weight is 337 g/mol. The van der Waals surface area contributed by atoms with Crippen molar-refractivity contribution in [2.24, 2.45) is 7.05 Å². The molecule has 0 aliphatic rings. The van der Waals surface area contributed by atoms with Crippen LogP contribution in [-0.4, -0.2) is 9.55 Å². The Labute approximate surface area is 124 Å². The zero-order chi connectivity index (χ0) is 13.6. The van der Waals surface area contributed by atoms with Crippen LogP contribution in [0.3, 0.4) is 0 Å². The van der Waals surface area contributed by atoms with Gasteiger partial charge in [-0.3, -0.25) is 0 Å². The van der Waals surface area contributed by atoms with Gasteiger partial charge in [-0.15, -0.1) is 0 Å². The van der Waals surface area contributed by atoms with Gasteiger partial charge in [-0.25, -0.2) is 4.98 Å². The maximum absolute atomic E-state index is 6.02. The second-order valence-electron chi connectivity index (χ2n) is 4.36. The first kappa shape index (κ1) is 12.5. The molecule has 0 saturated carbocycles. The molecule has 5 heteroatoms. The lowest BCUT2D eigenvalue weighted by Gasteiger charge is -2.05. The highest BCUT2D eigenvalue weighted by molar-refractivity contribution is 9.10. The molecule has 3 aromatic rings. The number of nitrogens with two attached hydrogens (primary N) is 1. The molecule has 0 bridgehead atoms. The zero-order valence-electron chi connectivity index (χ0n) is 10.2. The highest BCUT2D eigenvalue weighted by atomic mass is 79.9. The summed E-state index contributed by atoms with van der Waals surface area (Å²) in [5.41, 5.74) is 9.52. The third-order valence-electron chi connectivity index (χ3n) is 3.10. The Bertz CT molecular complexity index is 780. The van der Waals surface area contributed by atoms with E-state index in [0.29, 0.717) is 10.7 Å². The Morgan fingerprint density at radius 1 is 1.21 bits per heavy atom. The van der Waals surface area contributed by atoms with Gasteiger partial charge in [0.05, 0.1) is 11.0 Å². The molecule has 0 atom stereocenters. The molecule has 96 valence electrons. The van der Waals surface area contributed by atoms with Crippen molar-refractivity contribution in [3.63, 3.8) is 0 Å². The summed E-state index contributed by atoms with van der Waals surface area (Å²) >= 11 is 9.42. The summed E-state index contributed by atoms with van der Waals surface area (Å²) in [6.45, 7) is 0. The monoisotopic (exact) mass is 335 g/mol. The number of fused-ring (bicyclic) bond motifs is 1. The van der Waals surface area contributed by atoms with Crippen LogP contribution in [0.15, 0.2) is 40.9 Å². The molecule has 2 N–H and O–H groups in total. The number of imidazole rings is 1. The summed E-state index contributed by atoms with van der Waals surface area (Å²) in [5.74, 6) is 0.872. The fourth-order valence-electron chi connectivity index (χ4n) is 2.10. The molecule has 3 nitrogen and oxygen atoms in total. The highest BCUT2D eigenvalue weighted by Crippen LogP contribution is 2.29. The van der Waals surface area contributed by atoms with Gasteiger partial charge in [0.15, 0.2) is 0 Å². The Morgan fingerprint density at radius 3 is 2.74 bits per heavy atom. The molecular weight excluding hydrogens is 326 g/mol. The van der Waals surface area contributed by atoms with Gasteiger partial charge in [0.25, 0.3) is 0 Å². The fourth-order valence-corrected chi connectivity index (χ4v) is 2.52. The van der Waals surface area contributed by atoms with Gasteiger partial charge in [-0.05, 0) is 52.3 Å². The van der Waals surface area contributed by atoms with Crippen molar-refractivity contribution in [2.75, 3.05) is 5.73 Å². The van der Waals surface area contributed by atoms with Crippen molar-refractivity contribution in [2.45, 2.75) is 0 Å². The molecule has 0 amide bonds. The quantitative estimate of drug-likeness (QED) is 0.676. The van der Waals surface area contributed by atoms with Crippen molar-refractivity contribution >= 4 is 44.3 Å². The average Bonchev–Trinajstić information content (AvgIpc) is 2.70. The van der Waals surface area contributed by atoms with Crippen LogP contribution in [0.25, 0.3) is 22.4 Å². The number of aryl methyl sites for hydroxylation is 1. The van der Waals surface area contributed by atoms with Crippen LogP contribution in [-0.2, 0) is 7.05 Å². The lowest BCUT2D eigenvalue weighted by atomic mass is 10.2. The first-order valence-electron chi connectivity index (χ1n) is 5.73. The van der Waals surface area contributed by atoms with Gasteiger partial charge in [0.1, 0.15) is 5.82 Å². The molecule has 3 rings (SSSR count). The predicted octanol–water partition coefficient (Wildman–Crippen LogP) is 4.24. The van der Waals surface area contributed by atoms with Gasteiger partial charge in [0, 0.05) is 27.8 Å². The lowest BCUT2D eigenvalue weighted by Crippen LogP contribution is -1.94. The van der Waals surface area contributed by atoms with E-state index in [0.717, 1.165) is 26.9 Å². The number of nitrogen functional groups attached to an aromatic ring is 1. The van der Waals surface area contributed by atoms with E-state index in [4.69, 9.17) is 17.3 Å². The largest absolute Gasteiger partial charge is 0.398 e. The number of anilines is 1. The SMILES string of the molecule is Cn1c(-c2ccc(Br)c(N)c2)nc2ccc(Cl)cc21. The molecule has 19 heavy (non-hydrogen) atoms. The van der Waals surface area contributed by atoms with Gasteiger partial charge in [-0.2, -0.15) is 0 Å². The Morgan fingerprint density at radius 2 is 2.00 bits per heavy atom. The lowest BCUT2D eigenvalue weighted by molar-refractivity contribution is 0.959. The number of hydrogen-bond acceptors (Lipinski definition) is 2. The van der Waals surface area contributed by atoms with Crippen LogP contribution in [0.2, 0.25) is 5.02 Å². The summed E-state index contributed by atoms with van der Waals surface area (Å²) in [6, 6.07) is 11.5. The molecule has 0 aliphatic heterocycles. The summed E-state index contributed by atoms with van der Waals surface area (Å²) < 4.78 is 2.90. The van der Waals surface area contributed by atoms with Gasteiger partial charge in [-0.1, -0.05) is 11.6 Å². The molecule has 0 fully saturated rings. The van der Waals surface area contributed by atoms with Crippen LogP contribution in [0.1, 0.15) is 0 Å². The van der Waals surface area contributed by atoms with Crippen LogP contribution in [0.4, 0.5) is 5.69 Å². The predicted molar refractivity (Wildman–Crippen MR) is 83.3 cm³/mol. The maximum Gasteiger partial charge on any atom is 0.140 e. The van der Waals surface area contributed by atoms with E-state index < -0.39 is 0 Å². The highest BCUT2D eigenvalue weighted by Gasteiger charge is 2.11. The minimum absolute atomic E-state index is 0.697. The normalized spacial score (nSPS) is 11.1. The molecule has 1 aromatic heterocycles. The number of aromatic nitrogens is 2. The van der Waals surface area contributed by atoms with E-state index in [9.17, 15) is 0 Å². The van der Waals surface area contributed by atoms with E-state index in [2.05, 4.69) is 20.9 Å². The Hall–Kier alpha value is -1.52. The van der Waals surface area contributed by atoms with Crippen LogP contribution >= 0.6 is 27.5 Å². The summed E-state index contributed by atoms with van der Waals surface area (Å²) in [4.78, 5) is 4.63. The van der Waals surface area contributed by atoms with E-state index in [1.807, 2.05) is 48.0 Å². The third-order valence-corrected chi connectivity index (χ3v) is 4.05. The molecular formula is C14H11BrClN3. The first-order chi connectivity index (χ1) is 9.06. The van der Waals surface area contributed by atoms with E-state index in [-0.39, 0.29) is 0 Å². The molecule has 0 aliphatic carbocycles. The Kier molecular flexibility index (Phi) is 2.99. The van der Waals surface area contributed by atoms with Crippen LogP contribution in [0.5, 0.6) is 0 Å². The Balaban J connectivity index is 2.24. The minimum Gasteiger partial charge on any atom is -0.398 e. The van der Waals surface area contributed by atoms with Gasteiger partial charge < -0.3 is 10.3 Å². The summed E-state index contributed by atoms with van der Waals surface area (Å²) in [7, 11) is 1.97. The van der Waals surface area contributed by atoms with Crippen LogP contribution in [0, 0.1) is 0 Å². The number of nitrogens with zero attached hydrogens (tertiary/aromatic N) is 2. The van der Waals surface area contributed by atoms with Gasteiger partial charge >= 0.3 is 0 Å². The van der Waals surface area contributed by atoms with Crippen LogP contribution < -0.4 is 5.73 Å². The number of halogens is 2. The standard InChI is InChI=1S/C14H11BrClN3/c1-19-13-7-9(16)3-5-12(13)18-14(19)8-2-4-10(15)11(17)6-8/h2-7H,17H2,1H3. The second-order valence-corrected chi connectivity index (χ2v) is 5.65. The number of hydrogen-bond donors (Lipinski definition) is 1. The van der Waals surface area contributed by atoms with Crippen molar-refractivity contribution < 1.29 is 0 Å². The molecule has 0 unspecified atom stereocenters. The van der Waals surface area contributed by atoms with Crippen molar-refractivity contribution in [1.82, 2.24) is 9.55 Å². The topological polar surface area (TPSA) is 43.8 Å². The number of benzene rings is 2. The number of rotatable bonds is 1. The van der Waals surface area contributed by atoms with Gasteiger partial charge in [0.2, 0.25) is 0 Å². The maximum atomic E-state index is 6.02. The van der Waals surface area contributed by atoms with Crippen molar-refractivity contribution in [3.8, 4) is 11.4 Å². The van der Waals surface area contributed by atoms with E-state index in [1.54, 1.807) is 0 Å².